The highest BCUT2D eigenvalue weighted by atomic mass is 79.9. The zero-order valence-electron chi connectivity index (χ0n) is 12.3. The summed E-state index contributed by atoms with van der Waals surface area (Å²) in [5.41, 5.74) is 5.85. The number of carbonyl (C=O) groups excluding carboxylic acids is 2. The predicted octanol–water partition coefficient (Wildman–Crippen LogP) is 2.37. The highest BCUT2D eigenvalue weighted by Crippen LogP contribution is 2.35. The van der Waals surface area contributed by atoms with Gasteiger partial charge in [0.2, 0.25) is 5.91 Å². The molecule has 0 spiro atoms. The third-order valence-corrected chi connectivity index (χ3v) is 5.05. The maximum atomic E-state index is 12.6. The fourth-order valence-electron chi connectivity index (χ4n) is 2.14. The number of carboxylic acid groups (broad SMARTS) is 1. The number of rotatable bonds is 6. The van der Waals surface area contributed by atoms with Crippen molar-refractivity contribution in [1.82, 2.24) is 4.90 Å². The molecule has 0 bridgehead atoms. The first-order chi connectivity index (χ1) is 11.3. The lowest BCUT2D eigenvalue weighted by molar-refractivity contribution is -0.145. The molecule has 9 heteroatoms. The van der Waals surface area contributed by atoms with E-state index < -0.39 is 23.8 Å². The number of benzene rings is 1. The van der Waals surface area contributed by atoms with Gasteiger partial charge in [-0.2, -0.15) is 0 Å². The number of hydrogen-bond acceptors (Lipinski definition) is 5. The van der Waals surface area contributed by atoms with Crippen LogP contribution in [0.25, 0.3) is 6.08 Å². The van der Waals surface area contributed by atoms with Crippen molar-refractivity contribution < 1.29 is 19.5 Å². The van der Waals surface area contributed by atoms with Gasteiger partial charge in [0.25, 0.3) is 5.91 Å². The molecule has 1 aromatic carbocycles. The third-order valence-electron chi connectivity index (χ3n) is 3.23. The lowest BCUT2D eigenvalue weighted by Gasteiger charge is -2.22. The van der Waals surface area contributed by atoms with Crippen molar-refractivity contribution in [3.63, 3.8) is 0 Å². The van der Waals surface area contributed by atoms with Crippen molar-refractivity contribution in [1.29, 1.82) is 0 Å². The molecule has 3 N–H and O–H groups in total. The second-order valence-corrected chi connectivity index (χ2v) is 7.56. The van der Waals surface area contributed by atoms with Crippen molar-refractivity contribution in [2.24, 2.45) is 5.73 Å². The summed E-state index contributed by atoms with van der Waals surface area (Å²) in [6.07, 6.45) is 1.43. The first-order valence-corrected chi connectivity index (χ1v) is 8.85. The van der Waals surface area contributed by atoms with Crippen LogP contribution in [-0.2, 0) is 14.4 Å². The molecule has 6 nitrogen and oxygen atoms in total. The van der Waals surface area contributed by atoms with Gasteiger partial charge in [0, 0.05) is 10.9 Å². The average Bonchev–Trinajstić information content (AvgIpc) is 2.74. The molecule has 24 heavy (non-hydrogen) atoms. The van der Waals surface area contributed by atoms with Crippen LogP contribution in [0.1, 0.15) is 18.4 Å². The lowest BCUT2D eigenvalue weighted by atomic mass is 10.1. The molecule has 0 saturated carbocycles. The summed E-state index contributed by atoms with van der Waals surface area (Å²) in [4.78, 5) is 36.3. The van der Waals surface area contributed by atoms with Gasteiger partial charge in [-0.25, -0.2) is 4.79 Å². The van der Waals surface area contributed by atoms with Gasteiger partial charge in [-0.3, -0.25) is 14.5 Å². The quantitative estimate of drug-likeness (QED) is 0.532. The Morgan fingerprint density at radius 2 is 2.17 bits per heavy atom. The van der Waals surface area contributed by atoms with Crippen LogP contribution in [0, 0.1) is 0 Å². The second-order valence-electron chi connectivity index (χ2n) is 4.97. The van der Waals surface area contributed by atoms with E-state index in [1.165, 1.54) is 0 Å². The van der Waals surface area contributed by atoms with Crippen LogP contribution >= 0.6 is 39.9 Å². The summed E-state index contributed by atoms with van der Waals surface area (Å²) in [7, 11) is 0. The van der Waals surface area contributed by atoms with Crippen LogP contribution in [0.5, 0.6) is 0 Å². The molecule has 2 rings (SSSR count). The van der Waals surface area contributed by atoms with Crippen LogP contribution in [0.4, 0.5) is 0 Å². The minimum Gasteiger partial charge on any atom is -0.480 e. The lowest BCUT2D eigenvalue weighted by Crippen LogP contribution is -2.44. The van der Waals surface area contributed by atoms with Crippen molar-refractivity contribution in [2.75, 3.05) is 0 Å². The van der Waals surface area contributed by atoms with Crippen molar-refractivity contribution in [2.45, 2.75) is 18.9 Å². The second kappa shape index (κ2) is 7.91. The molecular weight excluding hydrogens is 416 g/mol. The fourth-order valence-corrected chi connectivity index (χ4v) is 3.91. The molecule has 0 radical (unpaired) electrons. The molecule has 1 aromatic rings. The average molecular weight is 429 g/mol. The normalized spacial score (nSPS) is 17.4. The Kier molecular flexibility index (Phi) is 6.14. The van der Waals surface area contributed by atoms with Crippen molar-refractivity contribution in [3.8, 4) is 0 Å². The monoisotopic (exact) mass is 428 g/mol. The summed E-state index contributed by atoms with van der Waals surface area (Å²) < 4.78 is 1.01. The number of primary amides is 1. The highest BCUT2D eigenvalue weighted by Gasteiger charge is 2.40. The van der Waals surface area contributed by atoms with E-state index in [9.17, 15) is 19.5 Å². The number of carboxylic acids is 1. The minimum atomic E-state index is -1.23. The number of amides is 2. The standard InChI is InChI=1S/C15H13BrN2O4S2/c16-9-3-1-2-8(6-9)7-11-13(20)18(15(23)24-11)10(14(21)22)4-5-12(17)19/h1-3,6-7,10H,4-5H2,(H2,17,19)(H,21,22)/b11-7-. The number of nitrogens with zero attached hydrogens (tertiary/aromatic N) is 1. The molecule has 1 saturated heterocycles. The zero-order chi connectivity index (χ0) is 17.9. The van der Waals surface area contributed by atoms with Gasteiger partial charge >= 0.3 is 5.97 Å². The summed E-state index contributed by atoms with van der Waals surface area (Å²) in [5.74, 6) is -2.34. The Morgan fingerprint density at radius 1 is 1.46 bits per heavy atom. The van der Waals surface area contributed by atoms with Gasteiger partial charge in [-0.05, 0) is 30.2 Å². The summed E-state index contributed by atoms with van der Waals surface area (Å²) in [6, 6.07) is 6.11. The Labute approximate surface area is 156 Å². The van der Waals surface area contributed by atoms with E-state index in [-0.39, 0.29) is 17.2 Å². The number of nitrogens with two attached hydrogens (primary N) is 1. The molecule has 1 fully saturated rings. The first-order valence-electron chi connectivity index (χ1n) is 6.83. The van der Waals surface area contributed by atoms with Crippen molar-refractivity contribution in [3.05, 3.63) is 39.2 Å². The molecule has 1 aliphatic heterocycles. The minimum absolute atomic E-state index is 0.0821. The Hall–Kier alpha value is -1.71. The SMILES string of the molecule is NC(=O)CCC(C(=O)O)N1C(=O)/C(=C/c2cccc(Br)c2)SC1=S. The van der Waals surface area contributed by atoms with Crippen LogP contribution < -0.4 is 5.73 Å². The summed E-state index contributed by atoms with van der Waals surface area (Å²) in [5, 5.41) is 9.35. The molecule has 126 valence electrons. The number of carbonyl (C=O) groups is 3. The summed E-state index contributed by atoms with van der Waals surface area (Å²) >= 11 is 9.54. The largest absolute Gasteiger partial charge is 0.480 e. The van der Waals surface area contributed by atoms with Crippen molar-refractivity contribution >= 4 is 68.1 Å². The van der Waals surface area contributed by atoms with E-state index in [1.807, 2.05) is 24.3 Å². The molecular formula is C15H13BrN2O4S2. The van der Waals surface area contributed by atoms with Gasteiger partial charge in [0.15, 0.2) is 0 Å². The highest BCUT2D eigenvalue weighted by molar-refractivity contribution is 9.10. The van der Waals surface area contributed by atoms with Gasteiger partial charge in [-0.1, -0.05) is 52.0 Å². The van der Waals surface area contributed by atoms with E-state index in [4.69, 9.17) is 18.0 Å². The van der Waals surface area contributed by atoms with Crippen LogP contribution in [0.15, 0.2) is 33.6 Å². The van der Waals surface area contributed by atoms with E-state index >= 15 is 0 Å². The topological polar surface area (TPSA) is 101 Å². The first kappa shape index (κ1) is 18.6. The predicted molar refractivity (Wildman–Crippen MR) is 99.0 cm³/mol. The van der Waals surface area contributed by atoms with Crippen LogP contribution in [0.3, 0.4) is 0 Å². The summed E-state index contributed by atoms with van der Waals surface area (Å²) in [6.45, 7) is 0. The Morgan fingerprint density at radius 3 is 2.75 bits per heavy atom. The third kappa shape index (κ3) is 4.43. The van der Waals surface area contributed by atoms with E-state index in [2.05, 4.69) is 15.9 Å². The number of thiocarbonyl (C=S) groups is 1. The molecule has 1 aliphatic rings. The smallest absolute Gasteiger partial charge is 0.326 e. The molecule has 0 aromatic heterocycles. The van der Waals surface area contributed by atoms with E-state index in [0.29, 0.717) is 4.91 Å². The van der Waals surface area contributed by atoms with Gasteiger partial charge in [0.1, 0.15) is 10.4 Å². The molecule has 1 atom stereocenters. The maximum Gasteiger partial charge on any atom is 0.326 e. The van der Waals surface area contributed by atoms with Crippen LogP contribution in [0.2, 0.25) is 0 Å². The maximum absolute atomic E-state index is 12.6. The number of halogens is 1. The molecule has 1 heterocycles. The van der Waals surface area contributed by atoms with Gasteiger partial charge in [-0.15, -0.1) is 0 Å². The molecule has 0 aliphatic carbocycles. The molecule has 2 amide bonds. The van der Waals surface area contributed by atoms with Gasteiger partial charge < -0.3 is 10.8 Å². The van der Waals surface area contributed by atoms with Crippen LogP contribution in [-0.4, -0.2) is 38.2 Å². The van der Waals surface area contributed by atoms with E-state index in [0.717, 1.165) is 26.7 Å². The number of aliphatic carboxylic acids is 1. The van der Waals surface area contributed by atoms with Gasteiger partial charge in [0.05, 0.1) is 4.91 Å². The van der Waals surface area contributed by atoms with E-state index in [1.54, 1.807) is 6.08 Å². The Balaban J connectivity index is 2.26. The fraction of sp³-hybridized carbons (Fsp3) is 0.200. The molecule has 1 unspecified atom stereocenters. The number of thioether (sulfide) groups is 1. The number of hydrogen-bond donors (Lipinski definition) is 2. The zero-order valence-corrected chi connectivity index (χ0v) is 15.5. The Bertz CT molecular complexity index is 751.